The lowest BCUT2D eigenvalue weighted by Gasteiger charge is -2.27. The molecule has 0 spiro atoms. The summed E-state index contributed by atoms with van der Waals surface area (Å²) in [6.45, 7) is 9.49. The van der Waals surface area contributed by atoms with Crippen LogP contribution in [-0.4, -0.2) is 28.0 Å². The fourth-order valence-electron chi connectivity index (χ4n) is 2.03. The van der Waals surface area contributed by atoms with E-state index in [1.165, 1.54) is 25.2 Å². The van der Waals surface area contributed by atoms with Gasteiger partial charge in [0.2, 0.25) is 0 Å². The van der Waals surface area contributed by atoms with Crippen molar-refractivity contribution in [1.82, 2.24) is 0 Å². The Hall–Kier alpha value is -0.613. The second kappa shape index (κ2) is 9.33. The highest BCUT2D eigenvalue weighted by molar-refractivity contribution is 6.73. The zero-order valence-electron chi connectivity index (χ0n) is 12.5. The van der Waals surface area contributed by atoms with Gasteiger partial charge < -0.3 is 9.16 Å². The van der Waals surface area contributed by atoms with E-state index in [0.29, 0.717) is 0 Å². The molecule has 0 atom stereocenters. The van der Waals surface area contributed by atoms with Gasteiger partial charge in [-0.15, -0.1) is 0 Å². The summed E-state index contributed by atoms with van der Waals surface area (Å²) < 4.78 is 10.7. The fraction of sp³-hybridized carbons (Fsp3) is 0.786. The molecule has 0 aromatic rings. The van der Waals surface area contributed by atoms with Crippen molar-refractivity contribution in [2.75, 3.05) is 13.7 Å². The van der Waals surface area contributed by atoms with Crippen molar-refractivity contribution in [3.8, 4) is 0 Å². The zero-order chi connectivity index (χ0) is 14.0. The van der Waals surface area contributed by atoms with Gasteiger partial charge in [0.15, 0.2) is 8.32 Å². The SMILES string of the molecule is CC[Si](CC)(CC)OCCC/C(C)=C/C(=O)OC. The van der Waals surface area contributed by atoms with Crippen LogP contribution in [0, 0.1) is 0 Å². The molecule has 3 nitrogen and oxygen atoms in total. The van der Waals surface area contributed by atoms with Crippen LogP contribution in [0.15, 0.2) is 11.6 Å². The maximum atomic E-state index is 11.0. The third-order valence-corrected chi connectivity index (χ3v) is 8.30. The molecule has 0 saturated carbocycles. The Labute approximate surface area is 113 Å². The van der Waals surface area contributed by atoms with Gasteiger partial charge in [0.1, 0.15) is 0 Å². The Morgan fingerprint density at radius 1 is 1.17 bits per heavy atom. The van der Waals surface area contributed by atoms with Crippen LogP contribution >= 0.6 is 0 Å². The number of carbonyl (C=O) groups excluding carboxylic acids is 1. The van der Waals surface area contributed by atoms with Crippen molar-refractivity contribution in [1.29, 1.82) is 0 Å². The first-order valence-corrected chi connectivity index (χ1v) is 9.45. The first-order chi connectivity index (χ1) is 8.53. The number of rotatable bonds is 9. The van der Waals surface area contributed by atoms with E-state index in [0.717, 1.165) is 25.0 Å². The summed E-state index contributed by atoms with van der Waals surface area (Å²) in [7, 11) is -0.0377. The molecule has 0 aliphatic heterocycles. The normalized spacial score (nSPS) is 12.6. The highest BCUT2D eigenvalue weighted by atomic mass is 28.4. The highest BCUT2D eigenvalue weighted by Gasteiger charge is 2.28. The summed E-state index contributed by atoms with van der Waals surface area (Å²) in [4.78, 5) is 11.0. The van der Waals surface area contributed by atoms with Crippen LogP contribution in [0.4, 0.5) is 0 Å². The Bertz CT molecular complexity index is 262. The molecule has 0 aliphatic rings. The predicted octanol–water partition coefficient (Wildman–Crippen LogP) is 3.91. The monoisotopic (exact) mass is 272 g/mol. The molecule has 0 bridgehead atoms. The maximum absolute atomic E-state index is 11.0. The standard InChI is InChI=1S/C14H28O3Si/c1-6-18(7-2,8-3)17-11-9-10-13(4)12-14(15)16-5/h12H,6-11H2,1-5H3/b13-12+. The molecule has 0 rings (SSSR count). The zero-order valence-corrected chi connectivity index (χ0v) is 13.5. The Morgan fingerprint density at radius 3 is 2.17 bits per heavy atom. The second-order valence-corrected chi connectivity index (χ2v) is 9.49. The maximum Gasteiger partial charge on any atom is 0.330 e. The van der Waals surface area contributed by atoms with Gasteiger partial charge in [-0.05, 0) is 37.9 Å². The average Bonchev–Trinajstić information content (AvgIpc) is 2.39. The summed E-state index contributed by atoms with van der Waals surface area (Å²) >= 11 is 0. The number of allylic oxidation sites excluding steroid dienone is 1. The van der Waals surface area contributed by atoms with Crippen molar-refractivity contribution in [2.45, 2.75) is 58.7 Å². The number of methoxy groups -OCH3 is 1. The van der Waals surface area contributed by atoms with Crippen molar-refractivity contribution in [3.63, 3.8) is 0 Å². The molecule has 0 aromatic carbocycles. The first kappa shape index (κ1) is 17.4. The highest BCUT2D eigenvalue weighted by Crippen LogP contribution is 2.22. The third-order valence-electron chi connectivity index (χ3n) is 3.62. The molecule has 4 heteroatoms. The van der Waals surface area contributed by atoms with Gasteiger partial charge in [0.05, 0.1) is 7.11 Å². The van der Waals surface area contributed by atoms with Gasteiger partial charge in [-0.1, -0.05) is 26.3 Å². The number of ether oxygens (including phenoxy) is 1. The molecule has 0 amide bonds. The van der Waals surface area contributed by atoms with E-state index in [2.05, 4.69) is 25.5 Å². The summed E-state index contributed by atoms with van der Waals surface area (Å²) in [6, 6.07) is 3.57. The van der Waals surface area contributed by atoms with Crippen molar-refractivity contribution in [2.24, 2.45) is 0 Å². The molecule has 0 fully saturated rings. The van der Waals surface area contributed by atoms with E-state index < -0.39 is 8.32 Å². The lowest BCUT2D eigenvalue weighted by molar-refractivity contribution is -0.134. The topological polar surface area (TPSA) is 35.5 Å². The lowest BCUT2D eigenvalue weighted by atomic mass is 10.1. The summed E-state index contributed by atoms with van der Waals surface area (Å²) in [5, 5.41) is 0. The van der Waals surface area contributed by atoms with E-state index in [1.54, 1.807) is 6.08 Å². The van der Waals surface area contributed by atoms with E-state index in [4.69, 9.17) is 4.43 Å². The molecule has 18 heavy (non-hydrogen) atoms. The van der Waals surface area contributed by atoms with Crippen LogP contribution in [0.2, 0.25) is 18.1 Å². The third kappa shape index (κ3) is 6.35. The molecule has 0 N–H and O–H groups in total. The number of esters is 1. The molecule has 0 radical (unpaired) electrons. The minimum absolute atomic E-state index is 0.271. The number of carbonyl (C=O) groups is 1. The van der Waals surface area contributed by atoms with Gasteiger partial charge in [-0.2, -0.15) is 0 Å². The minimum Gasteiger partial charge on any atom is -0.466 e. The lowest BCUT2D eigenvalue weighted by Crippen LogP contribution is -2.36. The van der Waals surface area contributed by atoms with Crippen LogP contribution in [-0.2, 0) is 14.0 Å². The van der Waals surface area contributed by atoms with E-state index in [9.17, 15) is 4.79 Å². The second-order valence-electron chi connectivity index (χ2n) is 4.71. The average molecular weight is 272 g/mol. The molecule has 0 saturated heterocycles. The first-order valence-electron chi connectivity index (χ1n) is 6.92. The minimum atomic E-state index is -1.44. The van der Waals surface area contributed by atoms with Crippen molar-refractivity contribution >= 4 is 14.3 Å². The van der Waals surface area contributed by atoms with Crippen LogP contribution in [0.5, 0.6) is 0 Å². The fourth-order valence-corrected chi connectivity index (χ4v) is 4.72. The molecule has 0 aliphatic carbocycles. The molecular formula is C14H28O3Si. The van der Waals surface area contributed by atoms with E-state index in [-0.39, 0.29) is 5.97 Å². The van der Waals surface area contributed by atoms with E-state index >= 15 is 0 Å². The predicted molar refractivity (Wildman–Crippen MR) is 78.2 cm³/mol. The summed E-state index contributed by atoms with van der Waals surface area (Å²) in [6.07, 6.45) is 3.44. The Balaban J connectivity index is 3.99. The van der Waals surface area contributed by atoms with Gasteiger partial charge in [-0.3, -0.25) is 0 Å². The number of hydrogen-bond donors (Lipinski definition) is 0. The molecule has 0 heterocycles. The number of hydrogen-bond acceptors (Lipinski definition) is 3. The van der Waals surface area contributed by atoms with Gasteiger partial charge in [0.25, 0.3) is 0 Å². The summed E-state index contributed by atoms with van der Waals surface area (Å²) in [5.41, 5.74) is 1.06. The largest absolute Gasteiger partial charge is 0.466 e. The quantitative estimate of drug-likeness (QED) is 0.276. The van der Waals surface area contributed by atoms with Crippen LogP contribution < -0.4 is 0 Å². The van der Waals surface area contributed by atoms with Gasteiger partial charge in [0, 0.05) is 12.7 Å². The van der Waals surface area contributed by atoms with Crippen LogP contribution in [0.25, 0.3) is 0 Å². The molecule has 106 valence electrons. The summed E-state index contributed by atoms with van der Waals surface area (Å²) in [5.74, 6) is -0.271. The molecule has 0 unspecified atom stereocenters. The van der Waals surface area contributed by atoms with Crippen LogP contribution in [0.1, 0.15) is 40.5 Å². The molecular weight excluding hydrogens is 244 g/mol. The van der Waals surface area contributed by atoms with E-state index in [1.807, 2.05) is 6.92 Å². The van der Waals surface area contributed by atoms with Gasteiger partial charge >= 0.3 is 5.97 Å². The van der Waals surface area contributed by atoms with Crippen molar-refractivity contribution in [3.05, 3.63) is 11.6 Å². The van der Waals surface area contributed by atoms with Gasteiger partial charge in [-0.25, -0.2) is 4.79 Å². The van der Waals surface area contributed by atoms with Crippen LogP contribution in [0.3, 0.4) is 0 Å². The van der Waals surface area contributed by atoms with Crippen molar-refractivity contribution < 1.29 is 14.0 Å². The molecule has 0 aromatic heterocycles. The Kier molecular flexibility index (Phi) is 9.02. The Morgan fingerprint density at radius 2 is 1.72 bits per heavy atom. The smallest absolute Gasteiger partial charge is 0.330 e.